The Morgan fingerprint density at radius 2 is 2.18 bits per heavy atom. The molecule has 0 aliphatic rings. The fourth-order valence-corrected chi connectivity index (χ4v) is 1.42. The first-order valence-corrected chi connectivity index (χ1v) is 5.55. The summed E-state index contributed by atoms with van der Waals surface area (Å²) < 4.78 is 16.0. The molecule has 0 unspecified atom stereocenters. The predicted octanol–water partition coefficient (Wildman–Crippen LogP) is 2.96. The third-order valence-electron chi connectivity index (χ3n) is 2.17. The van der Waals surface area contributed by atoms with Gasteiger partial charge in [0.2, 0.25) is 5.89 Å². The van der Waals surface area contributed by atoms with Crippen molar-refractivity contribution in [1.82, 2.24) is 4.98 Å². The van der Waals surface area contributed by atoms with Crippen molar-refractivity contribution >= 4 is 0 Å². The first-order valence-electron chi connectivity index (χ1n) is 5.55. The molecule has 1 aromatic heterocycles. The van der Waals surface area contributed by atoms with Crippen LogP contribution < -0.4 is 9.47 Å². The summed E-state index contributed by atoms with van der Waals surface area (Å²) in [6.07, 6.45) is 1.55. The maximum Gasteiger partial charge on any atom is 0.305 e. The lowest BCUT2D eigenvalue weighted by molar-refractivity contribution is 0.217. The van der Waals surface area contributed by atoms with Crippen molar-refractivity contribution in [2.24, 2.45) is 0 Å². The molecule has 1 heterocycles. The average Bonchev–Trinajstić information content (AvgIpc) is 2.75. The highest BCUT2D eigenvalue weighted by molar-refractivity contribution is 5.27. The number of benzene rings is 1. The summed E-state index contributed by atoms with van der Waals surface area (Å²) in [6, 6.07) is 7.84. The van der Waals surface area contributed by atoms with E-state index in [1.54, 1.807) is 6.20 Å². The minimum atomic E-state index is 0.302. The van der Waals surface area contributed by atoms with E-state index in [2.05, 4.69) is 4.98 Å². The summed E-state index contributed by atoms with van der Waals surface area (Å²) in [4.78, 5) is 4.06. The summed E-state index contributed by atoms with van der Waals surface area (Å²) in [7, 11) is 0. The van der Waals surface area contributed by atoms with Crippen LogP contribution in [0.15, 0.2) is 34.9 Å². The number of aromatic nitrogens is 1. The van der Waals surface area contributed by atoms with E-state index in [0.29, 0.717) is 25.1 Å². The summed E-state index contributed by atoms with van der Waals surface area (Å²) >= 11 is 0. The lowest BCUT2D eigenvalue weighted by Crippen LogP contribution is -1.95. The normalized spacial score (nSPS) is 10.2. The molecule has 4 nitrogen and oxygen atoms in total. The molecule has 2 aromatic rings. The van der Waals surface area contributed by atoms with Gasteiger partial charge in [0.05, 0.1) is 6.61 Å². The van der Waals surface area contributed by atoms with Gasteiger partial charge in [0.25, 0.3) is 0 Å². The lowest BCUT2D eigenvalue weighted by atomic mass is 10.2. The molecule has 17 heavy (non-hydrogen) atoms. The smallest absolute Gasteiger partial charge is 0.305 e. The number of rotatable bonds is 5. The molecule has 0 fully saturated rings. The fraction of sp³-hybridized carbons (Fsp3) is 0.308. The van der Waals surface area contributed by atoms with Crippen LogP contribution in [0.5, 0.6) is 11.7 Å². The largest absolute Gasteiger partial charge is 0.484 e. The predicted molar refractivity (Wildman–Crippen MR) is 63.2 cm³/mol. The van der Waals surface area contributed by atoms with Crippen molar-refractivity contribution in [2.45, 2.75) is 20.5 Å². The maximum atomic E-state index is 5.55. The molecule has 4 heteroatoms. The highest BCUT2D eigenvalue weighted by Gasteiger charge is 2.05. The van der Waals surface area contributed by atoms with E-state index >= 15 is 0 Å². The Labute approximate surface area is 100 Å². The topological polar surface area (TPSA) is 44.5 Å². The van der Waals surface area contributed by atoms with Crippen molar-refractivity contribution in [3.63, 3.8) is 0 Å². The third kappa shape index (κ3) is 3.24. The molecule has 90 valence electrons. The van der Waals surface area contributed by atoms with Gasteiger partial charge in [0.1, 0.15) is 11.9 Å². The molecule has 0 atom stereocenters. The van der Waals surface area contributed by atoms with Crippen molar-refractivity contribution < 1.29 is 13.9 Å². The molecule has 0 radical (unpaired) electrons. The van der Waals surface area contributed by atoms with E-state index in [0.717, 1.165) is 11.3 Å². The van der Waals surface area contributed by atoms with Crippen molar-refractivity contribution in [3.05, 3.63) is 41.9 Å². The number of hydrogen-bond donors (Lipinski definition) is 0. The molecule has 2 rings (SSSR count). The highest BCUT2D eigenvalue weighted by Crippen LogP contribution is 2.16. The van der Waals surface area contributed by atoms with Crippen LogP contribution >= 0.6 is 0 Å². The first-order chi connectivity index (χ1) is 8.28. The average molecular weight is 233 g/mol. The van der Waals surface area contributed by atoms with Gasteiger partial charge in [-0.3, -0.25) is 0 Å². The zero-order valence-electron chi connectivity index (χ0n) is 9.97. The van der Waals surface area contributed by atoms with Gasteiger partial charge < -0.3 is 13.9 Å². The van der Waals surface area contributed by atoms with E-state index in [1.165, 1.54) is 0 Å². The molecule has 0 amide bonds. The van der Waals surface area contributed by atoms with Gasteiger partial charge in [-0.05, 0) is 31.5 Å². The second-order valence-electron chi connectivity index (χ2n) is 3.61. The highest BCUT2D eigenvalue weighted by atomic mass is 16.6. The van der Waals surface area contributed by atoms with Crippen molar-refractivity contribution in [1.29, 1.82) is 0 Å². The van der Waals surface area contributed by atoms with Gasteiger partial charge in [0, 0.05) is 0 Å². The van der Waals surface area contributed by atoms with Crippen LogP contribution in [0.4, 0.5) is 0 Å². The molecular weight excluding hydrogens is 218 g/mol. The van der Waals surface area contributed by atoms with Crippen LogP contribution in [0.1, 0.15) is 18.4 Å². The molecule has 1 aromatic carbocycles. The first kappa shape index (κ1) is 11.5. The quantitative estimate of drug-likeness (QED) is 0.796. The van der Waals surface area contributed by atoms with E-state index in [4.69, 9.17) is 13.9 Å². The third-order valence-corrected chi connectivity index (χ3v) is 2.17. The second kappa shape index (κ2) is 5.39. The molecule has 0 spiro atoms. The zero-order chi connectivity index (χ0) is 12.1. The summed E-state index contributed by atoms with van der Waals surface area (Å²) in [5.41, 5.74) is 1.16. The summed E-state index contributed by atoms with van der Waals surface area (Å²) in [5, 5.41) is 0. The molecule has 0 aliphatic heterocycles. The Morgan fingerprint density at radius 1 is 1.29 bits per heavy atom. The second-order valence-corrected chi connectivity index (χ2v) is 3.61. The maximum absolute atomic E-state index is 5.55. The molecule has 0 saturated heterocycles. The van der Waals surface area contributed by atoms with E-state index in [1.807, 2.05) is 38.1 Å². The minimum absolute atomic E-state index is 0.302. The standard InChI is InChI=1S/C13H15NO3/c1-3-15-13-8-14-12(17-13)9-16-11-6-4-5-10(2)7-11/h4-8H,3,9H2,1-2H3. The van der Waals surface area contributed by atoms with E-state index < -0.39 is 0 Å². The van der Waals surface area contributed by atoms with Crippen LogP contribution in [0, 0.1) is 6.92 Å². The van der Waals surface area contributed by atoms with Crippen LogP contribution in [-0.4, -0.2) is 11.6 Å². The molecule has 0 saturated carbocycles. The number of ether oxygens (including phenoxy) is 2. The van der Waals surface area contributed by atoms with Gasteiger partial charge >= 0.3 is 5.95 Å². The molecule has 0 bridgehead atoms. The lowest BCUT2D eigenvalue weighted by Gasteiger charge is -2.03. The number of oxazole rings is 1. The fourth-order valence-electron chi connectivity index (χ4n) is 1.42. The minimum Gasteiger partial charge on any atom is -0.484 e. The molecular formula is C13H15NO3. The Bertz CT molecular complexity index is 479. The van der Waals surface area contributed by atoms with E-state index in [-0.39, 0.29) is 0 Å². The number of nitrogens with zero attached hydrogens (tertiary/aromatic N) is 1. The van der Waals surface area contributed by atoms with Gasteiger partial charge in [-0.25, -0.2) is 4.98 Å². The zero-order valence-corrected chi connectivity index (χ0v) is 9.97. The molecule has 0 N–H and O–H groups in total. The van der Waals surface area contributed by atoms with Crippen LogP contribution in [0.2, 0.25) is 0 Å². The monoisotopic (exact) mass is 233 g/mol. The SMILES string of the molecule is CCOc1cnc(COc2cccc(C)c2)o1. The Morgan fingerprint density at radius 3 is 2.94 bits per heavy atom. The van der Waals surface area contributed by atoms with Crippen LogP contribution in [0.3, 0.4) is 0 Å². The van der Waals surface area contributed by atoms with Gasteiger partial charge in [-0.15, -0.1) is 0 Å². The van der Waals surface area contributed by atoms with Gasteiger partial charge in [0.15, 0.2) is 6.61 Å². The van der Waals surface area contributed by atoms with Gasteiger partial charge in [-0.2, -0.15) is 0 Å². The van der Waals surface area contributed by atoms with Crippen molar-refractivity contribution in [3.8, 4) is 11.7 Å². The number of hydrogen-bond acceptors (Lipinski definition) is 4. The summed E-state index contributed by atoms with van der Waals surface area (Å²) in [6.45, 7) is 4.78. The van der Waals surface area contributed by atoms with Crippen LogP contribution in [0.25, 0.3) is 0 Å². The van der Waals surface area contributed by atoms with Crippen molar-refractivity contribution in [2.75, 3.05) is 6.61 Å². The Kier molecular flexibility index (Phi) is 3.65. The van der Waals surface area contributed by atoms with Gasteiger partial charge in [-0.1, -0.05) is 12.1 Å². The van der Waals surface area contributed by atoms with Crippen LogP contribution in [-0.2, 0) is 6.61 Å². The molecule has 0 aliphatic carbocycles. The van der Waals surface area contributed by atoms with E-state index in [9.17, 15) is 0 Å². The summed E-state index contributed by atoms with van der Waals surface area (Å²) in [5.74, 6) is 1.74. The Balaban J connectivity index is 1.93. The number of aryl methyl sites for hydroxylation is 1. The Hall–Kier alpha value is -1.97.